The van der Waals surface area contributed by atoms with E-state index in [4.69, 9.17) is 4.74 Å². The smallest absolute Gasteiger partial charge is 0.256 e. The molecule has 0 aliphatic heterocycles. The lowest BCUT2D eigenvalue weighted by Gasteiger charge is -2.14. The second kappa shape index (κ2) is 6.74. The summed E-state index contributed by atoms with van der Waals surface area (Å²) in [5.41, 5.74) is 1.89. The molecule has 110 valence electrons. The van der Waals surface area contributed by atoms with Crippen LogP contribution in [0.1, 0.15) is 15.9 Å². The van der Waals surface area contributed by atoms with Gasteiger partial charge in [0.05, 0.1) is 18.4 Å². The lowest BCUT2D eigenvalue weighted by atomic mass is 10.1. The molecule has 3 nitrogen and oxygen atoms in total. The first kappa shape index (κ1) is 16.2. The first-order valence-corrected chi connectivity index (χ1v) is 7.90. The molecule has 0 aliphatic rings. The van der Waals surface area contributed by atoms with Crippen molar-refractivity contribution in [3.63, 3.8) is 0 Å². The van der Waals surface area contributed by atoms with Gasteiger partial charge in [-0.15, -0.1) is 0 Å². The molecule has 0 heterocycles. The number of methoxy groups -OCH3 is 1. The third-order valence-electron chi connectivity index (χ3n) is 2.90. The number of ether oxygens (including phenoxy) is 1. The highest BCUT2D eigenvalue weighted by molar-refractivity contribution is 14.1. The molecule has 0 unspecified atom stereocenters. The maximum absolute atomic E-state index is 13.1. The maximum atomic E-state index is 13.1. The van der Waals surface area contributed by atoms with Gasteiger partial charge in [-0.1, -0.05) is 15.9 Å². The second-order valence-electron chi connectivity index (χ2n) is 4.38. The van der Waals surface area contributed by atoms with Crippen LogP contribution < -0.4 is 10.1 Å². The number of amides is 1. The Labute approximate surface area is 144 Å². The van der Waals surface area contributed by atoms with Crippen LogP contribution in [0.4, 0.5) is 10.1 Å². The molecule has 2 aromatic rings. The van der Waals surface area contributed by atoms with E-state index >= 15 is 0 Å². The molecule has 0 radical (unpaired) electrons. The van der Waals surface area contributed by atoms with Crippen molar-refractivity contribution < 1.29 is 13.9 Å². The summed E-state index contributed by atoms with van der Waals surface area (Å²) in [6.45, 7) is 1.87. The molecule has 0 spiro atoms. The van der Waals surface area contributed by atoms with Crippen molar-refractivity contribution in [1.82, 2.24) is 0 Å². The van der Waals surface area contributed by atoms with Crippen LogP contribution in [-0.2, 0) is 0 Å². The lowest BCUT2D eigenvalue weighted by molar-refractivity contribution is 0.102. The SMILES string of the molecule is COc1cc(Br)cc(C)c1NC(=O)c1ccc(F)cc1I. The summed E-state index contributed by atoms with van der Waals surface area (Å²) in [6.07, 6.45) is 0. The molecule has 0 saturated heterocycles. The number of halogens is 3. The molecule has 0 bridgehead atoms. The van der Waals surface area contributed by atoms with Gasteiger partial charge in [-0.3, -0.25) is 4.79 Å². The van der Waals surface area contributed by atoms with Gasteiger partial charge in [0, 0.05) is 8.04 Å². The van der Waals surface area contributed by atoms with Crippen LogP contribution in [0.3, 0.4) is 0 Å². The summed E-state index contributed by atoms with van der Waals surface area (Å²) in [6, 6.07) is 7.71. The van der Waals surface area contributed by atoms with Crippen LogP contribution in [0.5, 0.6) is 5.75 Å². The molecule has 0 aromatic heterocycles. The Morgan fingerprint density at radius 3 is 2.67 bits per heavy atom. The summed E-state index contributed by atoms with van der Waals surface area (Å²) in [4.78, 5) is 12.3. The summed E-state index contributed by atoms with van der Waals surface area (Å²) in [7, 11) is 1.54. The van der Waals surface area contributed by atoms with Crippen LogP contribution in [0.25, 0.3) is 0 Å². The second-order valence-corrected chi connectivity index (χ2v) is 6.46. The molecule has 6 heteroatoms. The summed E-state index contributed by atoms with van der Waals surface area (Å²) in [5.74, 6) is -0.108. The monoisotopic (exact) mass is 463 g/mol. The summed E-state index contributed by atoms with van der Waals surface area (Å²) < 4.78 is 19.8. The molecule has 1 amide bonds. The number of hydrogen-bond acceptors (Lipinski definition) is 2. The Balaban J connectivity index is 2.36. The van der Waals surface area contributed by atoms with Gasteiger partial charge >= 0.3 is 0 Å². The fourth-order valence-corrected chi connectivity index (χ4v) is 3.16. The Hall–Kier alpha value is -1.15. The number of hydrogen-bond donors (Lipinski definition) is 1. The van der Waals surface area contributed by atoms with Gasteiger partial charge in [0.2, 0.25) is 0 Å². The zero-order valence-electron chi connectivity index (χ0n) is 11.3. The molecular weight excluding hydrogens is 452 g/mol. The van der Waals surface area contributed by atoms with Crippen LogP contribution >= 0.6 is 38.5 Å². The summed E-state index contributed by atoms with van der Waals surface area (Å²) >= 11 is 5.32. The minimum Gasteiger partial charge on any atom is -0.495 e. The van der Waals surface area contributed by atoms with Gasteiger partial charge in [0.1, 0.15) is 11.6 Å². The van der Waals surface area contributed by atoms with Crippen molar-refractivity contribution in [2.75, 3.05) is 12.4 Å². The first-order valence-electron chi connectivity index (χ1n) is 6.03. The van der Waals surface area contributed by atoms with E-state index in [0.29, 0.717) is 20.6 Å². The van der Waals surface area contributed by atoms with Crippen molar-refractivity contribution in [3.05, 3.63) is 55.3 Å². The average Bonchev–Trinajstić information content (AvgIpc) is 2.41. The quantitative estimate of drug-likeness (QED) is 0.666. The highest BCUT2D eigenvalue weighted by atomic mass is 127. The van der Waals surface area contributed by atoms with E-state index in [-0.39, 0.29) is 11.7 Å². The predicted octanol–water partition coefficient (Wildman–Crippen LogP) is 4.76. The zero-order chi connectivity index (χ0) is 15.6. The highest BCUT2D eigenvalue weighted by Gasteiger charge is 2.15. The van der Waals surface area contributed by atoms with Gasteiger partial charge in [0.25, 0.3) is 5.91 Å². The van der Waals surface area contributed by atoms with E-state index in [9.17, 15) is 9.18 Å². The zero-order valence-corrected chi connectivity index (χ0v) is 15.1. The van der Waals surface area contributed by atoms with Crippen molar-refractivity contribution in [1.29, 1.82) is 0 Å². The normalized spacial score (nSPS) is 10.3. The number of rotatable bonds is 3. The fourth-order valence-electron chi connectivity index (χ4n) is 1.89. The molecule has 0 aliphatic carbocycles. The molecule has 0 atom stereocenters. The van der Waals surface area contributed by atoms with E-state index in [0.717, 1.165) is 10.0 Å². The Morgan fingerprint density at radius 2 is 2.05 bits per heavy atom. The predicted molar refractivity (Wildman–Crippen MR) is 92.5 cm³/mol. The van der Waals surface area contributed by atoms with Gasteiger partial charge in [-0.2, -0.15) is 0 Å². The molecule has 1 N–H and O–H groups in total. The van der Waals surface area contributed by atoms with Crippen molar-refractivity contribution in [3.8, 4) is 5.75 Å². The number of carbonyl (C=O) groups is 1. The van der Waals surface area contributed by atoms with E-state index in [2.05, 4.69) is 21.2 Å². The van der Waals surface area contributed by atoms with E-state index in [1.165, 1.54) is 18.2 Å². The maximum Gasteiger partial charge on any atom is 0.256 e. The molecule has 2 aromatic carbocycles. The molecule has 0 saturated carbocycles. The molecule has 0 fully saturated rings. The third kappa shape index (κ3) is 3.74. The van der Waals surface area contributed by atoms with Gasteiger partial charge in [-0.05, 0) is 65.4 Å². The van der Waals surface area contributed by atoms with Crippen molar-refractivity contribution in [2.45, 2.75) is 6.92 Å². The van der Waals surface area contributed by atoms with Gasteiger partial charge in [-0.25, -0.2) is 4.39 Å². The number of anilines is 1. The highest BCUT2D eigenvalue weighted by Crippen LogP contribution is 2.32. The van der Waals surface area contributed by atoms with Gasteiger partial charge < -0.3 is 10.1 Å². The van der Waals surface area contributed by atoms with Crippen LogP contribution in [0.2, 0.25) is 0 Å². The largest absolute Gasteiger partial charge is 0.495 e. The van der Waals surface area contributed by atoms with E-state index in [1.807, 2.05) is 35.6 Å². The van der Waals surface area contributed by atoms with Crippen LogP contribution in [-0.4, -0.2) is 13.0 Å². The van der Waals surface area contributed by atoms with E-state index in [1.54, 1.807) is 13.2 Å². The van der Waals surface area contributed by atoms with Crippen LogP contribution in [0, 0.1) is 16.3 Å². The standard InChI is InChI=1S/C15H12BrFINO2/c1-8-5-9(16)6-13(21-2)14(8)19-15(20)11-4-3-10(17)7-12(11)18/h3-7H,1-2H3,(H,19,20). The number of nitrogens with one attached hydrogen (secondary N) is 1. The minimum atomic E-state index is -0.367. The minimum absolute atomic E-state index is 0.303. The number of carbonyl (C=O) groups excluding carboxylic acids is 1. The Bertz CT molecular complexity index is 706. The van der Waals surface area contributed by atoms with Crippen molar-refractivity contribution in [2.24, 2.45) is 0 Å². The first-order chi connectivity index (χ1) is 9.92. The molecule has 2 rings (SSSR count). The third-order valence-corrected chi connectivity index (χ3v) is 4.25. The fraction of sp³-hybridized carbons (Fsp3) is 0.133. The average molecular weight is 464 g/mol. The Morgan fingerprint density at radius 1 is 1.33 bits per heavy atom. The van der Waals surface area contributed by atoms with Crippen molar-refractivity contribution >= 4 is 50.1 Å². The van der Waals surface area contributed by atoms with E-state index < -0.39 is 0 Å². The Kier molecular flexibility index (Phi) is 5.21. The molecular formula is C15H12BrFINO2. The summed E-state index contributed by atoms with van der Waals surface area (Å²) in [5, 5.41) is 2.82. The molecule has 21 heavy (non-hydrogen) atoms. The lowest BCUT2D eigenvalue weighted by Crippen LogP contribution is -2.15. The topological polar surface area (TPSA) is 38.3 Å². The van der Waals surface area contributed by atoms with Gasteiger partial charge in [0.15, 0.2) is 0 Å². The van der Waals surface area contributed by atoms with Crippen LogP contribution in [0.15, 0.2) is 34.8 Å². The number of aryl methyl sites for hydroxylation is 1. The number of benzene rings is 2.